The highest BCUT2D eigenvalue weighted by molar-refractivity contribution is 5.36. The van der Waals surface area contributed by atoms with Crippen LogP contribution in [0.25, 0.3) is 0 Å². The summed E-state index contributed by atoms with van der Waals surface area (Å²) in [5, 5.41) is 3.41. The fourth-order valence-corrected chi connectivity index (χ4v) is 3.14. The molecule has 1 heterocycles. The molecule has 1 atom stereocenters. The van der Waals surface area contributed by atoms with E-state index in [2.05, 4.69) is 17.4 Å². The van der Waals surface area contributed by atoms with Gasteiger partial charge in [-0.1, -0.05) is 24.3 Å². The molecule has 142 valence electrons. The van der Waals surface area contributed by atoms with E-state index in [-0.39, 0.29) is 17.8 Å². The van der Waals surface area contributed by atoms with Crippen molar-refractivity contribution in [1.29, 1.82) is 0 Å². The molecule has 0 bridgehead atoms. The van der Waals surface area contributed by atoms with Crippen molar-refractivity contribution < 1.29 is 13.5 Å². The van der Waals surface area contributed by atoms with Crippen LogP contribution in [0.15, 0.2) is 71.3 Å². The maximum atomic E-state index is 13.4. The first-order valence-electron chi connectivity index (χ1n) is 9.37. The first-order valence-corrected chi connectivity index (χ1v) is 9.37. The summed E-state index contributed by atoms with van der Waals surface area (Å²) in [6.45, 7) is 5.55. The summed E-state index contributed by atoms with van der Waals surface area (Å²) in [7, 11) is 0. The van der Waals surface area contributed by atoms with Crippen molar-refractivity contribution in [3.05, 3.63) is 89.6 Å². The molecule has 4 heteroatoms. The van der Waals surface area contributed by atoms with Gasteiger partial charge in [-0.15, -0.1) is 0 Å². The minimum Gasteiger partial charge on any atom is -0.491 e. The van der Waals surface area contributed by atoms with Crippen molar-refractivity contribution >= 4 is 0 Å². The van der Waals surface area contributed by atoms with Gasteiger partial charge in [0.05, 0.1) is 18.9 Å². The third-order valence-electron chi connectivity index (χ3n) is 4.42. The predicted octanol–water partition coefficient (Wildman–Crippen LogP) is 5.52. The van der Waals surface area contributed by atoms with Crippen LogP contribution >= 0.6 is 0 Å². The van der Waals surface area contributed by atoms with Gasteiger partial charge in [-0.05, 0) is 74.3 Å². The highest BCUT2D eigenvalue weighted by Crippen LogP contribution is 2.29. The van der Waals surface area contributed by atoms with Gasteiger partial charge in [0.25, 0.3) is 0 Å². The molecule has 1 N–H and O–H groups in total. The van der Waals surface area contributed by atoms with Crippen LogP contribution in [0, 0.1) is 5.82 Å². The summed E-state index contributed by atoms with van der Waals surface area (Å²) >= 11 is 0. The molecule has 3 aromatic rings. The minimum absolute atomic E-state index is 0.148. The highest BCUT2D eigenvalue weighted by atomic mass is 19.1. The van der Waals surface area contributed by atoms with E-state index in [0.29, 0.717) is 6.54 Å². The van der Waals surface area contributed by atoms with Gasteiger partial charge in [0, 0.05) is 5.92 Å². The Labute approximate surface area is 160 Å². The van der Waals surface area contributed by atoms with Crippen molar-refractivity contribution in [2.24, 2.45) is 0 Å². The lowest BCUT2D eigenvalue weighted by Gasteiger charge is -2.19. The zero-order valence-electron chi connectivity index (χ0n) is 15.8. The van der Waals surface area contributed by atoms with Crippen LogP contribution in [0.1, 0.15) is 43.1 Å². The molecule has 0 amide bonds. The molecular formula is C23H26FNO2. The van der Waals surface area contributed by atoms with Crippen molar-refractivity contribution in [3.8, 4) is 5.75 Å². The average Bonchev–Trinajstić information content (AvgIpc) is 3.17. The van der Waals surface area contributed by atoms with Crippen LogP contribution in [0.4, 0.5) is 4.39 Å². The number of nitrogens with one attached hydrogen (secondary N) is 1. The van der Waals surface area contributed by atoms with Crippen molar-refractivity contribution in [1.82, 2.24) is 5.32 Å². The lowest BCUT2D eigenvalue weighted by Crippen LogP contribution is -2.17. The van der Waals surface area contributed by atoms with Crippen LogP contribution in [0.3, 0.4) is 0 Å². The molecule has 3 rings (SSSR count). The van der Waals surface area contributed by atoms with E-state index in [1.54, 1.807) is 6.26 Å². The van der Waals surface area contributed by atoms with Crippen molar-refractivity contribution in [3.63, 3.8) is 0 Å². The van der Waals surface area contributed by atoms with E-state index < -0.39 is 0 Å². The molecule has 0 aliphatic heterocycles. The number of furan rings is 1. The second-order valence-corrected chi connectivity index (χ2v) is 6.88. The molecule has 3 nitrogen and oxygen atoms in total. The average molecular weight is 367 g/mol. The summed E-state index contributed by atoms with van der Waals surface area (Å²) in [4.78, 5) is 0. The third-order valence-corrected chi connectivity index (χ3v) is 4.42. The fraction of sp³-hybridized carbons (Fsp3) is 0.304. The maximum absolute atomic E-state index is 13.4. The Balaban J connectivity index is 1.70. The first kappa shape index (κ1) is 19.2. The first-order chi connectivity index (χ1) is 13.1. The molecule has 27 heavy (non-hydrogen) atoms. The quantitative estimate of drug-likeness (QED) is 0.506. The lowest BCUT2D eigenvalue weighted by molar-refractivity contribution is 0.242. The monoisotopic (exact) mass is 367 g/mol. The minimum atomic E-state index is -0.214. The van der Waals surface area contributed by atoms with E-state index >= 15 is 0 Å². The molecule has 0 aliphatic rings. The summed E-state index contributed by atoms with van der Waals surface area (Å²) < 4.78 is 24.4. The SMILES string of the molecule is CC(C)Oc1ccc(C(CCNCc2ccco2)c2ccc(F)cc2)cc1. The molecule has 1 unspecified atom stereocenters. The Morgan fingerprint density at radius 2 is 1.63 bits per heavy atom. The standard InChI is InChI=1S/C23H26FNO2/c1-17(2)27-21-11-7-19(8-12-21)23(18-5-9-20(24)10-6-18)13-14-25-16-22-4-3-15-26-22/h3-12,15,17,23,25H,13-14,16H2,1-2H3. The Kier molecular flexibility index (Phi) is 6.66. The fourth-order valence-electron chi connectivity index (χ4n) is 3.14. The maximum Gasteiger partial charge on any atom is 0.123 e. The van der Waals surface area contributed by atoms with E-state index in [1.807, 2.05) is 50.2 Å². The molecule has 0 saturated carbocycles. The molecule has 0 spiro atoms. The molecule has 1 aromatic heterocycles. The van der Waals surface area contributed by atoms with Gasteiger partial charge in [-0.3, -0.25) is 0 Å². The summed E-state index contributed by atoms with van der Waals surface area (Å²) in [6, 6.07) is 18.8. The van der Waals surface area contributed by atoms with Gasteiger partial charge >= 0.3 is 0 Å². The van der Waals surface area contributed by atoms with Crippen LogP contribution in [0.2, 0.25) is 0 Å². The van der Waals surface area contributed by atoms with Crippen LogP contribution in [-0.2, 0) is 6.54 Å². The largest absolute Gasteiger partial charge is 0.491 e. The normalized spacial score (nSPS) is 12.3. The van der Waals surface area contributed by atoms with E-state index in [4.69, 9.17) is 9.15 Å². The topological polar surface area (TPSA) is 34.4 Å². The van der Waals surface area contributed by atoms with E-state index in [1.165, 1.54) is 17.7 Å². The second kappa shape index (κ2) is 9.38. The Hall–Kier alpha value is -2.59. The van der Waals surface area contributed by atoms with Crippen molar-refractivity contribution in [2.45, 2.75) is 38.8 Å². The van der Waals surface area contributed by atoms with Gasteiger partial charge in [-0.2, -0.15) is 0 Å². The number of rotatable bonds is 9. The Morgan fingerprint density at radius 3 is 2.22 bits per heavy atom. The number of ether oxygens (including phenoxy) is 1. The molecule has 0 radical (unpaired) electrons. The van der Waals surface area contributed by atoms with Crippen molar-refractivity contribution in [2.75, 3.05) is 6.54 Å². The highest BCUT2D eigenvalue weighted by Gasteiger charge is 2.15. The van der Waals surface area contributed by atoms with Gasteiger partial charge < -0.3 is 14.5 Å². The molecule has 2 aromatic carbocycles. The summed E-state index contributed by atoms with van der Waals surface area (Å²) in [5.41, 5.74) is 2.30. The lowest BCUT2D eigenvalue weighted by atomic mass is 9.88. The van der Waals surface area contributed by atoms with Gasteiger partial charge in [-0.25, -0.2) is 4.39 Å². The summed E-state index contributed by atoms with van der Waals surface area (Å²) in [5.74, 6) is 1.75. The van der Waals surface area contributed by atoms with Gasteiger partial charge in [0.15, 0.2) is 0 Å². The third kappa shape index (κ3) is 5.69. The van der Waals surface area contributed by atoms with Crippen LogP contribution < -0.4 is 10.1 Å². The Bertz CT molecular complexity index is 795. The van der Waals surface area contributed by atoms with E-state index in [9.17, 15) is 4.39 Å². The number of benzene rings is 2. The van der Waals surface area contributed by atoms with Crippen LogP contribution in [-0.4, -0.2) is 12.6 Å². The van der Waals surface area contributed by atoms with Gasteiger partial charge in [0.1, 0.15) is 17.3 Å². The smallest absolute Gasteiger partial charge is 0.123 e. The Morgan fingerprint density at radius 1 is 0.963 bits per heavy atom. The second-order valence-electron chi connectivity index (χ2n) is 6.88. The molecule has 0 saturated heterocycles. The van der Waals surface area contributed by atoms with E-state index in [0.717, 1.165) is 30.0 Å². The predicted molar refractivity (Wildman–Crippen MR) is 105 cm³/mol. The number of halogens is 1. The molecule has 0 fully saturated rings. The zero-order valence-corrected chi connectivity index (χ0v) is 15.8. The number of hydrogen-bond acceptors (Lipinski definition) is 3. The van der Waals surface area contributed by atoms with Crippen LogP contribution in [0.5, 0.6) is 5.75 Å². The summed E-state index contributed by atoms with van der Waals surface area (Å²) in [6.07, 6.45) is 2.73. The number of hydrogen-bond donors (Lipinski definition) is 1. The molecular weight excluding hydrogens is 341 g/mol. The molecule has 0 aliphatic carbocycles. The zero-order chi connectivity index (χ0) is 19.1. The van der Waals surface area contributed by atoms with Gasteiger partial charge in [0.2, 0.25) is 0 Å².